The SMILES string of the molecule is Clc1nnc(I)c2c1C1CCC2CC1. The second kappa shape index (κ2) is 3.30. The van der Waals surface area contributed by atoms with Crippen LogP contribution in [0.1, 0.15) is 48.6 Å². The van der Waals surface area contributed by atoms with Gasteiger partial charge in [-0.15, -0.1) is 10.2 Å². The molecule has 0 atom stereocenters. The number of fused-ring (bicyclic) bond motifs is 2. The van der Waals surface area contributed by atoms with Gasteiger partial charge in [-0.05, 0) is 65.7 Å². The monoisotopic (exact) mass is 320 g/mol. The maximum absolute atomic E-state index is 6.13. The summed E-state index contributed by atoms with van der Waals surface area (Å²) < 4.78 is 1.07. The molecule has 0 aromatic carbocycles. The first-order valence-corrected chi connectivity index (χ1v) is 6.44. The van der Waals surface area contributed by atoms with Crippen LogP contribution in [0.2, 0.25) is 5.15 Å². The summed E-state index contributed by atoms with van der Waals surface area (Å²) in [6, 6.07) is 0. The van der Waals surface area contributed by atoms with E-state index in [9.17, 15) is 0 Å². The predicted octanol–water partition coefficient (Wildman–Crippen LogP) is 3.49. The zero-order valence-electron chi connectivity index (χ0n) is 7.63. The van der Waals surface area contributed by atoms with Crippen LogP contribution in [0.3, 0.4) is 0 Å². The molecule has 1 fully saturated rings. The molecule has 4 rings (SSSR count). The average molecular weight is 321 g/mol. The minimum absolute atomic E-state index is 0.648. The fourth-order valence-corrected chi connectivity index (χ4v) is 4.00. The van der Waals surface area contributed by atoms with Gasteiger partial charge in [0.2, 0.25) is 0 Å². The smallest absolute Gasteiger partial charge is 0.143 e. The summed E-state index contributed by atoms with van der Waals surface area (Å²) in [4.78, 5) is 0. The maximum atomic E-state index is 6.13. The molecule has 3 aliphatic rings. The lowest BCUT2D eigenvalue weighted by molar-refractivity contribution is 0.354. The molecule has 0 unspecified atom stereocenters. The Bertz CT molecular complexity index is 349. The van der Waals surface area contributed by atoms with Crippen LogP contribution in [0.5, 0.6) is 0 Å². The molecule has 1 aromatic heterocycles. The first kappa shape index (κ1) is 9.33. The molecule has 0 N–H and O–H groups in total. The number of nitrogens with zero attached hydrogens (tertiary/aromatic N) is 2. The summed E-state index contributed by atoms with van der Waals surface area (Å²) in [5.74, 6) is 1.36. The van der Waals surface area contributed by atoms with Crippen LogP contribution in [-0.4, -0.2) is 10.2 Å². The zero-order chi connectivity index (χ0) is 9.71. The highest BCUT2D eigenvalue weighted by molar-refractivity contribution is 14.1. The third-order valence-corrected chi connectivity index (χ3v) is 4.58. The van der Waals surface area contributed by atoms with Crippen molar-refractivity contribution in [3.63, 3.8) is 0 Å². The Morgan fingerprint density at radius 3 is 2.14 bits per heavy atom. The third kappa shape index (κ3) is 1.21. The molecule has 0 aliphatic heterocycles. The predicted molar refractivity (Wildman–Crippen MR) is 63.7 cm³/mol. The van der Waals surface area contributed by atoms with Gasteiger partial charge in [-0.25, -0.2) is 0 Å². The molecule has 1 aromatic rings. The van der Waals surface area contributed by atoms with Gasteiger partial charge in [0, 0.05) is 5.56 Å². The quantitative estimate of drug-likeness (QED) is 0.684. The molecule has 2 nitrogen and oxygen atoms in total. The van der Waals surface area contributed by atoms with Crippen molar-refractivity contribution in [2.75, 3.05) is 0 Å². The van der Waals surface area contributed by atoms with Gasteiger partial charge in [-0.1, -0.05) is 11.6 Å². The molecule has 0 radical (unpaired) electrons. The Morgan fingerprint density at radius 2 is 1.57 bits per heavy atom. The summed E-state index contributed by atoms with van der Waals surface area (Å²) >= 11 is 8.42. The average Bonchev–Trinajstić information content (AvgIpc) is 2.25. The van der Waals surface area contributed by atoms with E-state index >= 15 is 0 Å². The van der Waals surface area contributed by atoms with Crippen LogP contribution in [0.25, 0.3) is 0 Å². The number of halogens is 2. The van der Waals surface area contributed by atoms with E-state index in [1.54, 1.807) is 0 Å². The van der Waals surface area contributed by atoms with Crippen molar-refractivity contribution < 1.29 is 0 Å². The highest BCUT2D eigenvalue weighted by Crippen LogP contribution is 2.51. The van der Waals surface area contributed by atoms with Crippen LogP contribution in [0.15, 0.2) is 0 Å². The van der Waals surface area contributed by atoms with Crippen LogP contribution in [0, 0.1) is 3.70 Å². The maximum Gasteiger partial charge on any atom is 0.155 e. The molecule has 3 aliphatic carbocycles. The highest BCUT2D eigenvalue weighted by Gasteiger charge is 2.36. The Balaban J connectivity index is 2.27. The van der Waals surface area contributed by atoms with E-state index in [0.29, 0.717) is 17.0 Å². The molecule has 14 heavy (non-hydrogen) atoms. The van der Waals surface area contributed by atoms with Crippen molar-refractivity contribution >= 4 is 34.2 Å². The molecule has 4 heteroatoms. The third-order valence-electron chi connectivity index (χ3n) is 3.50. The van der Waals surface area contributed by atoms with Gasteiger partial charge in [0.25, 0.3) is 0 Å². The highest BCUT2D eigenvalue weighted by atomic mass is 127. The lowest BCUT2D eigenvalue weighted by Crippen LogP contribution is -2.24. The van der Waals surface area contributed by atoms with E-state index in [-0.39, 0.29) is 0 Å². The van der Waals surface area contributed by atoms with E-state index in [4.69, 9.17) is 11.6 Å². The molecule has 0 amide bonds. The van der Waals surface area contributed by atoms with Gasteiger partial charge < -0.3 is 0 Å². The molecule has 2 bridgehead atoms. The van der Waals surface area contributed by atoms with Crippen molar-refractivity contribution in [2.24, 2.45) is 0 Å². The van der Waals surface area contributed by atoms with Gasteiger partial charge in [-0.3, -0.25) is 0 Å². The molecule has 0 spiro atoms. The van der Waals surface area contributed by atoms with Crippen molar-refractivity contribution in [3.05, 3.63) is 20.0 Å². The topological polar surface area (TPSA) is 25.8 Å². The second-order valence-corrected chi connectivity index (χ2v) is 5.54. The first-order chi connectivity index (χ1) is 6.77. The fraction of sp³-hybridized carbons (Fsp3) is 0.600. The molecule has 0 saturated heterocycles. The standard InChI is InChI=1S/C10H10ClIN2/c11-9-7-5-1-3-6(4-2-5)8(7)10(12)14-13-9/h5-6H,1-4H2. The number of hydrogen-bond donors (Lipinski definition) is 0. The molecule has 74 valence electrons. The van der Waals surface area contributed by atoms with E-state index in [0.717, 1.165) is 3.70 Å². The van der Waals surface area contributed by atoms with Gasteiger partial charge >= 0.3 is 0 Å². The lowest BCUT2D eigenvalue weighted by Gasteiger charge is -2.38. The van der Waals surface area contributed by atoms with Crippen LogP contribution < -0.4 is 0 Å². The van der Waals surface area contributed by atoms with Gasteiger partial charge in [0.15, 0.2) is 5.15 Å². The van der Waals surface area contributed by atoms with E-state index in [1.165, 1.54) is 36.8 Å². The van der Waals surface area contributed by atoms with E-state index in [1.807, 2.05) is 0 Å². The molecule has 1 saturated carbocycles. The Hall–Kier alpha value is 0.1000. The largest absolute Gasteiger partial charge is 0.155 e. The number of hydrogen-bond acceptors (Lipinski definition) is 2. The van der Waals surface area contributed by atoms with E-state index in [2.05, 4.69) is 32.8 Å². The number of rotatable bonds is 0. The van der Waals surface area contributed by atoms with E-state index < -0.39 is 0 Å². The van der Waals surface area contributed by atoms with Crippen molar-refractivity contribution in [1.82, 2.24) is 10.2 Å². The summed E-state index contributed by atoms with van der Waals surface area (Å²) in [7, 11) is 0. The summed E-state index contributed by atoms with van der Waals surface area (Å²) in [6.45, 7) is 0. The van der Waals surface area contributed by atoms with Crippen molar-refractivity contribution in [2.45, 2.75) is 37.5 Å². The van der Waals surface area contributed by atoms with Crippen LogP contribution >= 0.6 is 34.2 Å². The van der Waals surface area contributed by atoms with Crippen LogP contribution in [-0.2, 0) is 0 Å². The van der Waals surface area contributed by atoms with Crippen molar-refractivity contribution in [1.29, 1.82) is 0 Å². The first-order valence-electron chi connectivity index (χ1n) is 4.99. The molecular weight excluding hydrogens is 310 g/mol. The Labute approximate surface area is 102 Å². The second-order valence-electron chi connectivity index (χ2n) is 4.16. The number of aromatic nitrogens is 2. The van der Waals surface area contributed by atoms with Crippen molar-refractivity contribution in [3.8, 4) is 0 Å². The van der Waals surface area contributed by atoms with Crippen LogP contribution in [0.4, 0.5) is 0 Å². The van der Waals surface area contributed by atoms with Gasteiger partial charge in [0.05, 0.1) is 0 Å². The Morgan fingerprint density at radius 1 is 1.00 bits per heavy atom. The summed E-state index contributed by atoms with van der Waals surface area (Å²) in [5, 5.41) is 8.78. The summed E-state index contributed by atoms with van der Waals surface area (Å²) in [6.07, 6.45) is 5.21. The minimum atomic E-state index is 0.648. The summed E-state index contributed by atoms with van der Waals surface area (Å²) in [5.41, 5.74) is 2.72. The van der Waals surface area contributed by atoms with Gasteiger partial charge in [0.1, 0.15) is 3.70 Å². The molecular formula is C10H10ClIN2. The normalized spacial score (nSPS) is 29.0. The lowest BCUT2D eigenvalue weighted by atomic mass is 9.68. The minimum Gasteiger partial charge on any atom is -0.143 e. The Kier molecular flexibility index (Phi) is 2.20. The zero-order valence-corrected chi connectivity index (χ0v) is 10.5. The fourth-order valence-electron chi connectivity index (χ4n) is 2.87. The molecule has 1 heterocycles. The van der Waals surface area contributed by atoms with Gasteiger partial charge in [-0.2, -0.15) is 0 Å².